The second-order valence-corrected chi connectivity index (χ2v) is 17.0. The van der Waals surface area contributed by atoms with Gasteiger partial charge >= 0.3 is 25.7 Å². The number of carboxylic acids is 1. The van der Waals surface area contributed by atoms with Crippen LogP contribution in [0, 0.1) is 0 Å². The van der Waals surface area contributed by atoms with E-state index in [1.54, 1.807) is 0 Å². The van der Waals surface area contributed by atoms with E-state index in [4.69, 9.17) is 24.8 Å². The van der Waals surface area contributed by atoms with Crippen LogP contribution >= 0.6 is 7.82 Å². The molecule has 56 heavy (non-hydrogen) atoms. The average Bonchev–Trinajstić information content (AvgIpc) is 3.17. The van der Waals surface area contributed by atoms with Crippen molar-refractivity contribution in [2.45, 2.75) is 231 Å². The van der Waals surface area contributed by atoms with E-state index in [0.29, 0.717) is 12.8 Å². The molecule has 0 bridgehead atoms. The summed E-state index contributed by atoms with van der Waals surface area (Å²) in [5, 5.41) is 8.89. The van der Waals surface area contributed by atoms with Gasteiger partial charge in [0.25, 0.3) is 0 Å². The van der Waals surface area contributed by atoms with Crippen LogP contribution in [0.25, 0.3) is 0 Å². The first-order valence-electron chi connectivity index (χ1n) is 22.7. The van der Waals surface area contributed by atoms with E-state index < -0.39 is 51.1 Å². The van der Waals surface area contributed by atoms with Crippen molar-refractivity contribution in [3.8, 4) is 0 Å². The summed E-state index contributed by atoms with van der Waals surface area (Å²) in [7, 11) is -4.72. The van der Waals surface area contributed by atoms with Crippen LogP contribution in [0.15, 0.2) is 12.2 Å². The maximum Gasteiger partial charge on any atom is 0.472 e. The molecule has 0 saturated heterocycles. The summed E-state index contributed by atoms with van der Waals surface area (Å²) in [4.78, 5) is 45.9. The van der Waals surface area contributed by atoms with Crippen LogP contribution in [0.1, 0.15) is 219 Å². The van der Waals surface area contributed by atoms with Crippen LogP contribution in [0.4, 0.5) is 0 Å². The van der Waals surface area contributed by atoms with Crippen molar-refractivity contribution in [1.29, 1.82) is 0 Å². The molecule has 330 valence electrons. The molecule has 0 rings (SSSR count). The second kappa shape index (κ2) is 40.0. The molecule has 0 spiro atoms. The third-order valence-corrected chi connectivity index (χ3v) is 11.0. The molecular weight excluding hydrogens is 733 g/mol. The zero-order valence-electron chi connectivity index (χ0n) is 35.7. The van der Waals surface area contributed by atoms with Crippen molar-refractivity contribution in [3.05, 3.63) is 12.2 Å². The number of carbonyl (C=O) groups excluding carboxylic acids is 2. The summed E-state index contributed by atoms with van der Waals surface area (Å²) in [6.45, 7) is 2.80. The number of nitrogens with two attached hydrogens (primary N) is 1. The van der Waals surface area contributed by atoms with Crippen LogP contribution in [-0.2, 0) is 37.5 Å². The number of phosphoric acid groups is 1. The summed E-state index contributed by atoms with van der Waals surface area (Å²) >= 11 is 0. The number of phosphoric ester groups is 1. The van der Waals surface area contributed by atoms with Crippen LogP contribution in [0.5, 0.6) is 0 Å². The van der Waals surface area contributed by atoms with E-state index in [1.807, 2.05) is 6.08 Å². The number of carboxylic acid groups (broad SMARTS) is 1. The molecular formula is C44H84NO10P. The van der Waals surface area contributed by atoms with Gasteiger partial charge in [0, 0.05) is 12.8 Å². The van der Waals surface area contributed by atoms with E-state index in [9.17, 15) is 23.8 Å². The Balaban J connectivity index is 4.34. The van der Waals surface area contributed by atoms with Gasteiger partial charge in [-0.25, -0.2) is 4.57 Å². The SMILES string of the molecule is CCCCCCCCCCCCC/C=C/CCC(=O)OC[C@H](COP(=O)(O)OC[C@H](N)C(=O)O)OC(=O)CCCCCCCCCCCCCCCCCCC. The van der Waals surface area contributed by atoms with Crippen LogP contribution in [-0.4, -0.2) is 59.9 Å². The van der Waals surface area contributed by atoms with Gasteiger partial charge in [0.2, 0.25) is 0 Å². The van der Waals surface area contributed by atoms with E-state index in [-0.39, 0.29) is 19.4 Å². The summed E-state index contributed by atoms with van der Waals surface area (Å²) < 4.78 is 32.7. The van der Waals surface area contributed by atoms with Gasteiger partial charge in [0.05, 0.1) is 13.2 Å². The molecule has 11 nitrogen and oxygen atoms in total. The molecule has 0 heterocycles. The Morgan fingerprint density at radius 3 is 1.38 bits per heavy atom. The van der Waals surface area contributed by atoms with E-state index in [2.05, 4.69) is 24.4 Å². The minimum absolute atomic E-state index is 0.143. The highest BCUT2D eigenvalue weighted by atomic mass is 31.2. The zero-order chi connectivity index (χ0) is 41.4. The fourth-order valence-corrected chi connectivity index (χ4v) is 7.22. The Kier molecular flexibility index (Phi) is 38.7. The fraction of sp³-hybridized carbons (Fsp3) is 0.886. The Labute approximate surface area is 341 Å². The normalized spacial score (nSPS) is 13.8. The molecule has 1 unspecified atom stereocenters. The van der Waals surface area contributed by atoms with Gasteiger partial charge < -0.3 is 25.2 Å². The van der Waals surface area contributed by atoms with Crippen molar-refractivity contribution in [2.75, 3.05) is 19.8 Å². The van der Waals surface area contributed by atoms with Crippen LogP contribution < -0.4 is 5.73 Å². The van der Waals surface area contributed by atoms with Crippen molar-refractivity contribution in [1.82, 2.24) is 0 Å². The first-order valence-corrected chi connectivity index (χ1v) is 24.2. The molecule has 0 aromatic carbocycles. The third kappa shape index (κ3) is 39.1. The Hall–Kier alpha value is -1.78. The molecule has 0 aromatic rings. The topological polar surface area (TPSA) is 172 Å². The number of allylic oxidation sites excluding steroid dienone is 2. The van der Waals surface area contributed by atoms with Crippen LogP contribution in [0.3, 0.4) is 0 Å². The van der Waals surface area contributed by atoms with Gasteiger partial charge in [-0.05, 0) is 25.7 Å². The Morgan fingerprint density at radius 2 is 0.929 bits per heavy atom. The fourth-order valence-electron chi connectivity index (χ4n) is 6.44. The highest BCUT2D eigenvalue weighted by molar-refractivity contribution is 7.47. The molecule has 12 heteroatoms. The first kappa shape index (κ1) is 54.2. The molecule has 0 amide bonds. The maximum absolute atomic E-state index is 12.6. The number of aliphatic carboxylic acids is 1. The van der Waals surface area contributed by atoms with Gasteiger partial charge in [0.1, 0.15) is 12.6 Å². The maximum atomic E-state index is 12.6. The third-order valence-electron chi connectivity index (χ3n) is 10.0. The largest absolute Gasteiger partial charge is 0.480 e. The number of carbonyl (C=O) groups is 3. The molecule has 4 N–H and O–H groups in total. The smallest absolute Gasteiger partial charge is 0.472 e. The molecule has 0 aliphatic carbocycles. The highest BCUT2D eigenvalue weighted by Gasteiger charge is 2.28. The molecule has 0 aliphatic rings. The first-order chi connectivity index (χ1) is 27.1. The van der Waals surface area contributed by atoms with Crippen molar-refractivity contribution in [3.63, 3.8) is 0 Å². The average molecular weight is 818 g/mol. The van der Waals surface area contributed by atoms with E-state index in [0.717, 1.165) is 32.1 Å². The standard InChI is InChI=1S/C44H84NO10P/c1-3-5-7-9-11-13-15-17-19-20-22-24-26-28-30-32-34-36-43(47)55-40(38-53-56(50,51)54-39-41(45)44(48)49)37-52-42(46)35-33-31-29-27-25-23-21-18-16-14-12-10-8-6-4-2/h29,31,40-41H,3-28,30,32-39,45H2,1-2H3,(H,48,49)(H,50,51)/b31-29+/t40-,41+/m1/s1. The monoisotopic (exact) mass is 818 g/mol. The van der Waals surface area contributed by atoms with Crippen molar-refractivity contribution in [2.24, 2.45) is 5.73 Å². The second-order valence-electron chi connectivity index (χ2n) is 15.5. The quantitative estimate of drug-likeness (QED) is 0.0231. The summed E-state index contributed by atoms with van der Waals surface area (Å²) in [6, 6.07) is -1.52. The molecule has 0 radical (unpaired) electrons. The summed E-state index contributed by atoms with van der Waals surface area (Å²) in [6.07, 6.45) is 40.0. The van der Waals surface area contributed by atoms with Gasteiger partial charge in [-0.15, -0.1) is 0 Å². The number of rotatable bonds is 43. The molecule has 0 saturated carbocycles. The minimum atomic E-state index is -4.72. The molecule has 0 fully saturated rings. The minimum Gasteiger partial charge on any atom is -0.480 e. The number of ether oxygens (including phenoxy) is 2. The zero-order valence-corrected chi connectivity index (χ0v) is 36.6. The van der Waals surface area contributed by atoms with Gasteiger partial charge in [0.15, 0.2) is 6.10 Å². The summed E-state index contributed by atoms with van der Waals surface area (Å²) in [5.41, 5.74) is 5.33. The lowest BCUT2D eigenvalue weighted by molar-refractivity contribution is -0.161. The number of unbranched alkanes of at least 4 members (excludes halogenated alkanes) is 27. The lowest BCUT2D eigenvalue weighted by atomic mass is 10.0. The van der Waals surface area contributed by atoms with Crippen LogP contribution in [0.2, 0.25) is 0 Å². The van der Waals surface area contributed by atoms with E-state index in [1.165, 1.54) is 148 Å². The molecule has 0 aliphatic heterocycles. The Morgan fingerprint density at radius 1 is 0.536 bits per heavy atom. The molecule has 0 aromatic heterocycles. The number of hydrogen-bond donors (Lipinski definition) is 3. The van der Waals surface area contributed by atoms with Crippen molar-refractivity contribution >= 4 is 25.7 Å². The van der Waals surface area contributed by atoms with Crippen molar-refractivity contribution < 1.29 is 47.5 Å². The molecule has 3 atom stereocenters. The van der Waals surface area contributed by atoms with E-state index >= 15 is 0 Å². The summed E-state index contributed by atoms with van der Waals surface area (Å²) in [5.74, 6) is -2.42. The van der Waals surface area contributed by atoms with Gasteiger partial charge in [-0.3, -0.25) is 23.4 Å². The Bertz CT molecular complexity index is 1010. The lowest BCUT2D eigenvalue weighted by Gasteiger charge is -2.20. The van der Waals surface area contributed by atoms with Gasteiger partial charge in [-0.2, -0.15) is 0 Å². The highest BCUT2D eigenvalue weighted by Crippen LogP contribution is 2.43. The number of esters is 2. The predicted molar refractivity (Wildman–Crippen MR) is 226 cm³/mol. The predicted octanol–water partition coefficient (Wildman–Crippen LogP) is 12.1. The lowest BCUT2D eigenvalue weighted by Crippen LogP contribution is -2.34. The van der Waals surface area contributed by atoms with Gasteiger partial charge in [-0.1, -0.05) is 193 Å². The number of hydrogen-bond acceptors (Lipinski definition) is 9.